The van der Waals surface area contributed by atoms with Crippen LogP contribution in [0.3, 0.4) is 0 Å². The van der Waals surface area contributed by atoms with Gasteiger partial charge in [0.2, 0.25) is 5.95 Å². The molecule has 2 aliphatic carbocycles. The Morgan fingerprint density at radius 2 is 1.83 bits per heavy atom. The molecule has 3 aliphatic rings. The molecule has 1 aromatic carbocycles. The summed E-state index contributed by atoms with van der Waals surface area (Å²) >= 11 is 0. The average Bonchev–Trinajstić information content (AvgIpc) is 3.70. The number of methoxy groups -OCH3 is 1. The van der Waals surface area contributed by atoms with E-state index in [1.807, 2.05) is 9.80 Å². The van der Waals surface area contributed by atoms with Crippen LogP contribution in [0.5, 0.6) is 5.75 Å². The van der Waals surface area contributed by atoms with Gasteiger partial charge in [-0.05, 0) is 63.6 Å². The summed E-state index contributed by atoms with van der Waals surface area (Å²) in [5.41, 5.74) is 0.976. The Bertz CT molecular complexity index is 1060. The summed E-state index contributed by atoms with van der Waals surface area (Å²) in [6.07, 6.45) is 6.63. The Hall–Kier alpha value is -2.94. The highest BCUT2D eigenvalue weighted by molar-refractivity contribution is 5.93. The Balaban J connectivity index is 1.29. The molecule has 3 fully saturated rings. The first-order valence-electron chi connectivity index (χ1n) is 12.6. The van der Waals surface area contributed by atoms with E-state index in [9.17, 15) is 14.3 Å². The minimum Gasteiger partial charge on any atom is -0.497 e. The lowest BCUT2D eigenvalue weighted by Gasteiger charge is -2.41. The zero-order valence-electron chi connectivity index (χ0n) is 20.4. The number of aromatic nitrogens is 2. The number of piperazine rings is 1. The van der Waals surface area contributed by atoms with Crippen LogP contribution < -0.4 is 14.5 Å². The number of hydrogen-bond donors (Lipinski definition) is 1. The third-order valence-corrected chi connectivity index (χ3v) is 7.48. The minimum absolute atomic E-state index is 0.0370. The number of carbonyl (C=O) groups excluding carboxylic acids is 1. The van der Waals surface area contributed by atoms with Crippen LogP contribution in [0.2, 0.25) is 0 Å². The van der Waals surface area contributed by atoms with Gasteiger partial charge in [0.05, 0.1) is 18.9 Å². The van der Waals surface area contributed by atoms with E-state index in [0.717, 1.165) is 38.5 Å². The van der Waals surface area contributed by atoms with Crippen LogP contribution in [0, 0.1) is 5.82 Å². The van der Waals surface area contributed by atoms with E-state index < -0.39 is 0 Å². The molecule has 8 nitrogen and oxygen atoms in total. The van der Waals surface area contributed by atoms with Crippen molar-refractivity contribution >= 4 is 17.5 Å². The van der Waals surface area contributed by atoms with Crippen molar-refractivity contribution in [1.82, 2.24) is 14.9 Å². The van der Waals surface area contributed by atoms with Gasteiger partial charge in [-0.3, -0.25) is 4.79 Å². The number of halogens is 1. The Morgan fingerprint density at radius 1 is 1.11 bits per heavy atom. The summed E-state index contributed by atoms with van der Waals surface area (Å²) in [5.74, 6) is 0.693. The van der Waals surface area contributed by atoms with Crippen molar-refractivity contribution in [3.63, 3.8) is 0 Å². The van der Waals surface area contributed by atoms with Gasteiger partial charge in [-0.2, -0.15) is 0 Å². The molecule has 1 aromatic heterocycles. The Labute approximate surface area is 205 Å². The van der Waals surface area contributed by atoms with Gasteiger partial charge in [-0.15, -0.1) is 0 Å². The van der Waals surface area contributed by atoms with E-state index in [2.05, 4.69) is 16.8 Å². The molecule has 188 valence electrons. The van der Waals surface area contributed by atoms with Crippen LogP contribution in [0.4, 0.5) is 16.0 Å². The van der Waals surface area contributed by atoms with E-state index in [4.69, 9.17) is 9.72 Å². The van der Waals surface area contributed by atoms with Crippen LogP contribution in [-0.2, 0) is 0 Å². The lowest BCUT2D eigenvalue weighted by molar-refractivity contribution is 0.0470. The second kappa shape index (κ2) is 9.97. The fraction of sp³-hybridized carbons (Fsp3) is 0.577. The van der Waals surface area contributed by atoms with E-state index in [1.54, 1.807) is 24.4 Å². The molecule has 1 atom stereocenters. The average molecular weight is 484 g/mol. The molecule has 5 rings (SSSR count). The summed E-state index contributed by atoms with van der Waals surface area (Å²) < 4.78 is 19.7. The predicted octanol–water partition coefficient (Wildman–Crippen LogP) is 3.25. The van der Waals surface area contributed by atoms with Crippen molar-refractivity contribution < 1.29 is 19.0 Å². The van der Waals surface area contributed by atoms with Crippen LogP contribution in [0.25, 0.3) is 0 Å². The smallest absolute Gasteiger partial charge is 0.273 e. The number of carbonyl (C=O) groups is 1. The van der Waals surface area contributed by atoms with Crippen LogP contribution in [-0.4, -0.2) is 76.9 Å². The SMILES string of the molecule is COc1ccc(N2CCN(c3nccc(C(=O)N(C4CC4)[C@H]4CC[C@H](O)CC4)n3)[C@H](C)C2)c(F)c1. The van der Waals surface area contributed by atoms with Gasteiger partial charge in [-0.25, -0.2) is 14.4 Å². The molecule has 0 unspecified atom stereocenters. The normalized spacial score (nSPS) is 24.9. The first-order chi connectivity index (χ1) is 16.9. The number of benzene rings is 1. The summed E-state index contributed by atoms with van der Waals surface area (Å²) in [5, 5.41) is 9.89. The van der Waals surface area contributed by atoms with Crippen molar-refractivity contribution in [2.75, 3.05) is 36.5 Å². The number of aliphatic hydroxyl groups is 1. The molecule has 2 aromatic rings. The Kier molecular flexibility index (Phi) is 6.77. The molecular formula is C26H34FN5O3. The van der Waals surface area contributed by atoms with Gasteiger partial charge in [-0.1, -0.05) is 0 Å². The number of rotatable bonds is 6. The fourth-order valence-corrected chi connectivity index (χ4v) is 5.40. The van der Waals surface area contributed by atoms with E-state index in [-0.39, 0.29) is 36.0 Å². The number of ether oxygens (including phenoxy) is 1. The van der Waals surface area contributed by atoms with Gasteiger partial charge in [0.1, 0.15) is 17.3 Å². The largest absolute Gasteiger partial charge is 0.497 e. The van der Waals surface area contributed by atoms with E-state index >= 15 is 0 Å². The van der Waals surface area contributed by atoms with Gasteiger partial charge >= 0.3 is 0 Å². The molecule has 1 amide bonds. The molecule has 1 aliphatic heterocycles. The van der Waals surface area contributed by atoms with Crippen molar-refractivity contribution in [1.29, 1.82) is 0 Å². The number of anilines is 2. The molecule has 1 N–H and O–H groups in total. The Morgan fingerprint density at radius 3 is 2.46 bits per heavy atom. The number of hydrogen-bond acceptors (Lipinski definition) is 7. The molecule has 0 radical (unpaired) electrons. The molecule has 0 spiro atoms. The fourth-order valence-electron chi connectivity index (χ4n) is 5.40. The van der Waals surface area contributed by atoms with Crippen molar-refractivity contribution in [3.05, 3.63) is 42.0 Å². The molecule has 2 heterocycles. The molecule has 2 saturated carbocycles. The van der Waals surface area contributed by atoms with Gasteiger partial charge in [0.25, 0.3) is 5.91 Å². The monoisotopic (exact) mass is 483 g/mol. The second-order valence-corrected chi connectivity index (χ2v) is 9.95. The standard InChI is InChI=1S/C26H34FN5O3/c1-17-16-30(24-10-9-21(35-2)15-22(24)27)13-14-31(17)26-28-12-11-23(29-26)25(34)32(18-3-4-18)19-5-7-20(33)8-6-19/h9-12,15,17-20,33H,3-8,13-14,16H2,1-2H3/t17-,19-,20-/m1/s1. The van der Waals surface area contributed by atoms with Crippen LogP contribution in [0.15, 0.2) is 30.5 Å². The second-order valence-electron chi connectivity index (χ2n) is 9.95. The first-order valence-corrected chi connectivity index (χ1v) is 12.6. The topological polar surface area (TPSA) is 82.0 Å². The highest BCUT2D eigenvalue weighted by atomic mass is 19.1. The third kappa shape index (κ3) is 5.05. The maximum atomic E-state index is 14.6. The van der Waals surface area contributed by atoms with Crippen molar-refractivity contribution in [2.45, 2.75) is 69.7 Å². The van der Waals surface area contributed by atoms with E-state index in [1.165, 1.54) is 13.2 Å². The maximum absolute atomic E-state index is 14.6. The predicted molar refractivity (Wildman–Crippen MR) is 131 cm³/mol. The molecule has 1 saturated heterocycles. The quantitative estimate of drug-likeness (QED) is 0.675. The lowest BCUT2D eigenvalue weighted by Crippen LogP contribution is -2.53. The highest BCUT2D eigenvalue weighted by Crippen LogP contribution is 2.35. The molecular weight excluding hydrogens is 449 g/mol. The zero-order chi connectivity index (χ0) is 24.5. The number of aliphatic hydroxyl groups excluding tert-OH is 1. The zero-order valence-corrected chi connectivity index (χ0v) is 20.4. The van der Waals surface area contributed by atoms with Gasteiger partial charge in [0.15, 0.2) is 0 Å². The highest BCUT2D eigenvalue weighted by Gasteiger charge is 2.39. The first kappa shape index (κ1) is 23.8. The summed E-state index contributed by atoms with van der Waals surface area (Å²) in [4.78, 5) is 28.8. The van der Waals surface area contributed by atoms with Crippen LogP contribution in [0.1, 0.15) is 55.9 Å². The van der Waals surface area contributed by atoms with Gasteiger partial charge in [0, 0.05) is 50.0 Å². The minimum atomic E-state index is -0.302. The summed E-state index contributed by atoms with van der Waals surface area (Å²) in [6.45, 7) is 3.92. The number of amides is 1. The number of nitrogens with zero attached hydrogens (tertiary/aromatic N) is 5. The van der Waals surface area contributed by atoms with Gasteiger partial charge < -0.3 is 24.5 Å². The summed E-state index contributed by atoms with van der Waals surface area (Å²) in [7, 11) is 1.53. The lowest BCUT2D eigenvalue weighted by atomic mass is 9.91. The van der Waals surface area contributed by atoms with E-state index in [0.29, 0.717) is 42.7 Å². The molecule has 9 heteroatoms. The van der Waals surface area contributed by atoms with Crippen LogP contribution >= 0.6 is 0 Å². The third-order valence-electron chi connectivity index (χ3n) is 7.48. The molecule has 0 bridgehead atoms. The summed E-state index contributed by atoms with van der Waals surface area (Å²) in [6, 6.07) is 7.11. The maximum Gasteiger partial charge on any atom is 0.273 e. The van der Waals surface area contributed by atoms with Crippen molar-refractivity contribution in [2.24, 2.45) is 0 Å². The molecule has 35 heavy (non-hydrogen) atoms. The van der Waals surface area contributed by atoms with Crippen molar-refractivity contribution in [3.8, 4) is 5.75 Å².